The number of thioether (sulfide) groups is 1. The summed E-state index contributed by atoms with van der Waals surface area (Å²) in [6, 6.07) is 0. The van der Waals surface area contributed by atoms with Crippen LogP contribution in [0.2, 0.25) is 0 Å². The second kappa shape index (κ2) is 5.72. The second-order valence-electron chi connectivity index (χ2n) is 3.81. The van der Waals surface area contributed by atoms with E-state index in [1.54, 1.807) is 18.9 Å². The van der Waals surface area contributed by atoms with Gasteiger partial charge in [-0.25, -0.2) is 0 Å². The van der Waals surface area contributed by atoms with Crippen molar-refractivity contribution in [1.82, 2.24) is 5.32 Å². The van der Waals surface area contributed by atoms with Gasteiger partial charge in [0.1, 0.15) is 5.54 Å². The Kier molecular flexibility index (Phi) is 4.89. The van der Waals surface area contributed by atoms with E-state index in [9.17, 15) is 9.90 Å². The van der Waals surface area contributed by atoms with Gasteiger partial charge in [0.15, 0.2) is 0 Å². The number of nitrogens with one attached hydrogen (secondary N) is 1. The molecule has 0 aromatic heterocycles. The standard InChI is InChI=1S/C10H19NO3S/c1-8-10(9(12)13,4-3-7-15-8)11-5-6-14-2/h8,11H,3-7H2,1-2H3,(H,12,13). The third kappa shape index (κ3) is 2.86. The SMILES string of the molecule is COCCNC1(C(=O)O)CCCSC1C. The molecule has 0 radical (unpaired) electrons. The van der Waals surface area contributed by atoms with E-state index in [0.29, 0.717) is 19.6 Å². The average Bonchev–Trinajstić information content (AvgIpc) is 2.21. The van der Waals surface area contributed by atoms with Crippen LogP contribution in [-0.2, 0) is 9.53 Å². The summed E-state index contributed by atoms with van der Waals surface area (Å²) in [5.74, 6) is 0.320. The lowest BCUT2D eigenvalue weighted by Gasteiger charge is -2.39. The smallest absolute Gasteiger partial charge is 0.325 e. The monoisotopic (exact) mass is 233 g/mol. The molecule has 0 aromatic carbocycles. The highest BCUT2D eigenvalue weighted by atomic mass is 32.2. The van der Waals surface area contributed by atoms with Crippen LogP contribution in [0.4, 0.5) is 0 Å². The summed E-state index contributed by atoms with van der Waals surface area (Å²) >= 11 is 1.73. The molecule has 88 valence electrons. The number of rotatable bonds is 5. The third-order valence-corrected chi connectivity index (χ3v) is 4.33. The third-order valence-electron chi connectivity index (χ3n) is 2.91. The quantitative estimate of drug-likeness (QED) is 0.693. The molecule has 0 bridgehead atoms. The lowest BCUT2D eigenvalue weighted by atomic mass is 9.89. The molecule has 1 rings (SSSR count). The van der Waals surface area contributed by atoms with Crippen molar-refractivity contribution in [1.29, 1.82) is 0 Å². The summed E-state index contributed by atoms with van der Waals surface area (Å²) in [6.45, 7) is 3.12. The van der Waals surface area contributed by atoms with Crippen LogP contribution in [0.1, 0.15) is 19.8 Å². The summed E-state index contributed by atoms with van der Waals surface area (Å²) in [7, 11) is 1.62. The molecule has 1 fully saturated rings. The molecule has 5 heteroatoms. The van der Waals surface area contributed by atoms with Gasteiger partial charge in [-0.1, -0.05) is 6.92 Å². The van der Waals surface area contributed by atoms with Crippen LogP contribution in [0.5, 0.6) is 0 Å². The Morgan fingerprint density at radius 3 is 3.00 bits per heavy atom. The number of aliphatic carboxylic acids is 1. The Balaban J connectivity index is 2.63. The fourth-order valence-electron chi connectivity index (χ4n) is 1.92. The number of hydrogen-bond donors (Lipinski definition) is 2. The Morgan fingerprint density at radius 1 is 1.73 bits per heavy atom. The fraction of sp³-hybridized carbons (Fsp3) is 0.900. The number of hydrogen-bond acceptors (Lipinski definition) is 4. The molecule has 0 spiro atoms. The van der Waals surface area contributed by atoms with Crippen LogP contribution in [0.25, 0.3) is 0 Å². The topological polar surface area (TPSA) is 58.6 Å². The molecule has 1 aliphatic heterocycles. The van der Waals surface area contributed by atoms with Crippen LogP contribution in [0.3, 0.4) is 0 Å². The Labute approximate surface area is 94.8 Å². The molecule has 0 saturated carbocycles. The van der Waals surface area contributed by atoms with Gasteiger partial charge in [0.25, 0.3) is 0 Å². The molecular weight excluding hydrogens is 214 g/mol. The van der Waals surface area contributed by atoms with Crippen molar-refractivity contribution in [3.05, 3.63) is 0 Å². The number of carboxylic acids is 1. The van der Waals surface area contributed by atoms with Crippen LogP contribution < -0.4 is 5.32 Å². The zero-order chi connectivity index (χ0) is 11.3. The molecule has 4 nitrogen and oxygen atoms in total. The highest BCUT2D eigenvalue weighted by molar-refractivity contribution is 8.00. The molecule has 0 amide bonds. The van der Waals surface area contributed by atoms with E-state index < -0.39 is 11.5 Å². The molecule has 1 heterocycles. The van der Waals surface area contributed by atoms with Gasteiger partial charge in [0, 0.05) is 18.9 Å². The van der Waals surface area contributed by atoms with E-state index in [-0.39, 0.29) is 5.25 Å². The maximum Gasteiger partial charge on any atom is 0.325 e. The maximum absolute atomic E-state index is 11.4. The molecule has 1 saturated heterocycles. The van der Waals surface area contributed by atoms with E-state index in [1.807, 2.05) is 6.92 Å². The van der Waals surface area contributed by atoms with Crippen LogP contribution in [-0.4, -0.2) is 47.9 Å². The Hall–Kier alpha value is -0.260. The van der Waals surface area contributed by atoms with E-state index in [0.717, 1.165) is 12.2 Å². The first-order valence-electron chi connectivity index (χ1n) is 5.22. The summed E-state index contributed by atoms with van der Waals surface area (Å²) in [6.07, 6.45) is 1.67. The molecule has 1 aliphatic rings. The average molecular weight is 233 g/mol. The number of ether oxygens (including phenoxy) is 1. The molecular formula is C10H19NO3S. The molecule has 0 aromatic rings. The Bertz CT molecular complexity index is 225. The fourth-order valence-corrected chi connectivity index (χ4v) is 3.17. The predicted molar refractivity (Wildman–Crippen MR) is 61.4 cm³/mol. The number of carbonyl (C=O) groups is 1. The lowest BCUT2D eigenvalue weighted by Crippen LogP contribution is -2.60. The van der Waals surface area contributed by atoms with Gasteiger partial charge >= 0.3 is 5.97 Å². The number of carboxylic acid groups (broad SMARTS) is 1. The minimum atomic E-state index is -0.762. The molecule has 2 atom stereocenters. The van der Waals surface area contributed by atoms with Crippen molar-refractivity contribution in [3.8, 4) is 0 Å². The van der Waals surface area contributed by atoms with Gasteiger partial charge in [-0.3, -0.25) is 10.1 Å². The summed E-state index contributed by atoms with van der Waals surface area (Å²) in [5.41, 5.74) is -0.762. The van der Waals surface area contributed by atoms with E-state index in [2.05, 4.69) is 5.32 Å². The summed E-state index contributed by atoms with van der Waals surface area (Å²) in [5, 5.41) is 12.6. The van der Waals surface area contributed by atoms with Crippen LogP contribution in [0.15, 0.2) is 0 Å². The van der Waals surface area contributed by atoms with Crippen molar-refractivity contribution in [2.45, 2.75) is 30.6 Å². The molecule has 15 heavy (non-hydrogen) atoms. The molecule has 2 N–H and O–H groups in total. The van der Waals surface area contributed by atoms with Crippen molar-refractivity contribution >= 4 is 17.7 Å². The zero-order valence-electron chi connectivity index (χ0n) is 9.28. The van der Waals surface area contributed by atoms with Crippen LogP contribution in [0, 0.1) is 0 Å². The van der Waals surface area contributed by atoms with Gasteiger partial charge in [0.05, 0.1) is 6.61 Å². The van der Waals surface area contributed by atoms with Gasteiger partial charge in [-0.2, -0.15) is 11.8 Å². The van der Waals surface area contributed by atoms with Crippen molar-refractivity contribution in [2.24, 2.45) is 0 Å². The minimum absolute atomic E-state index is 0.112. The van der Waals surface area contributed by atoms with Gasteiger partial charge in [-0.15, -0.1) is 0 Å². The molecule has 0 aliphatic carbocycles. The van der Waals surface area contributed by atoms with E-state index >= 15 is 0 Å². The largest absolute Gasteiger partial charge is 0.480 e. The first kappa shape index (κ1) is 12.8. The first-order chi connectivity index (χ1) is 7.13. The highest BCUT2D eigenvalue weighted by Gasteiger charge is 2.45. The summed E-state index contributed by atoms with van der Waals surface area (Å²) < 4.78 is 4.93. The normalized spacial score (nSPS) is 31.5. The minimum Gasteiger partial charge on any atom is -0.480 e. The Morgan fingerprint density at radius 2 is 2.47 bits per heavy atom. The zero-order valence-corrected chi connectivity index (χ0v) is 10.1. The second-order valence-corrected chi connectivity index (χ2v) is 5.26. The van der Waals surface area contributed by atoms with E-state index in [1.165, 1.54) is 0 Å². The van der Waals surface area contributed by atoms with Crippen LogP contribution >= 0.6 is 11.8 Å². The van der Waals surface area contributed by atoms with Crippen molar-refractivity contribution in [2.75, 3.05) is 26.0 Å². The number of methoxy groups -OCH3 is 1. The van der Waals surface area contributed by atoms with E-state index in [4.69, 9.17) is 4.74 Å². The van der Waals surface area contributed by atoms with Gasteiger partial charge < -0.3 is 9.84 Å². The lowest BCUT2D eigenvalue weighted by molar-refractivity contribution is -0.145. The highest BCUT2D eigenvalue weighted by Crippen LogP contribution is 2.34. The summed E-state index contributed by atoms with van der Waals surface area (Å²) in [4.78, 5) is 11.4. The van der Waals surface area contributed by atoms with Gasteiger partial charge in [-0.05, 0) is 18.6 Å². The predicted octanol–water partition coefficient (Wildman–Crippen LogP) is 0.961. The maximum atomic E-state index is 11.4. The van der Waals surface area contributed by atoms with Crippen molar-refractivity contribution in [3.63, 3.8) is 0 Å². The molecule has 2 unspecified atom stereocenters. The van der Waals surface area contributed by atoms with Gasteiger partial charge in [0.2, 0.25) is 0 Å². The first-order valence-corrected chi connectivity index (χ1v) is 6.27. The van der Waals surface area contributed by atoms with Crippen molar-refractivity contribution < 1.29 is 14.6 Å².